The molecular weight excluding hydrogens is 238 g/mol. The Morgan fingerprint density at radius 3 is 2.78 bits per heavy atom. The number of rotatable bonds is 6. The van der Waals surface area contributed by atoms with Crippen LogP contribution in [0.25, 0.3) is 0 Å². The zero-order chi connectivity index (χ0) is 13.7. The summed E-state index contributed by atoms with van der Waals surface area (Å²) in [6.07, 6.45) is 0.900. The summed E-state index contributed by atoms with van der Waals surface area (Å²) >= 11 is 0. The van der Waals surface area contributed by atoms with Crippen molar-refractivity contribution in [3.63, 3.8) is 0 Å². The third-order valence-corrected chi connectivity index (χ3v) is 2.35. The second-order valence-electron chi connectivity index (χ2n) is 4.04. The van der Waals surface area contributed by atoms with Crippen LogP contribution in [0.15, 0.2) is 0 Å². The van der Waals surface area contributed by atoms with Crippen molar-refractivity contribution in [1.82, 2.24) is 9.97 Å². The van der Waals surface area contributed by atoms with Gasteiger partial charge in [-0.05, 0) is 26.7 Å². The van der Waals surface area contributed by atoms with Crippen molar-refractivity contribution < 1.29 is 10.0 Å². The van der Waals surface area contributed by atoms with Gasteiger partial charge in [-0.3, -0.25) is 10.1 Å². The molecule has 100 valence electrons. The highest BCUT2D eigenvalue weighted by Crippen LogP contribution is 2.25. The van der Waals surface area contributed by atoms with E-state index in [2.05, 4.69) is 15.3 Å². The lowest BCUT2D eigenvalue weighted by atomic mass is 10.2. The predicted octanol–water partition coefficient (Wildman–Crippen LogP) is 0.848. The highest BCUT2D eigenvalue weighted by Gasteiger charge is 2.20. The Morgan fingerprint density at radius 1 is 1.56 bits per heavy atom. The molecular formula is C10H17N5O3. The molecule has 1 aromatic heterocycles. The maximum atomic E-state index is 10.9. The highest BCUT2D eigenvalue weighted by atomic mass is 16.6. The van der Waals surface area contributed by atoms with E-state index in [0.717, 1.165) is 0 Å². The van der Waals surface area contributed by atoms with E-state index < -0.39 is 4.92 Å². The van der Waals surface area contributed by atoms with Crippen molar-refractivity contribution in [2.45, 2.75) is 32.8 Å². The van der Waals surface area contributed by atoms with Gasteiger partial charge in [0, 0.05) is 6.54 Å². The summed E-state index contributed by atoms with van der Waals surface area (Å²) in [6.45, 7) is 3.67. The molecule has 4 N–H and O–H groups in total. The first-order valence-corrected chi connectivity index (χ1v) is 5.62. The highest BCUT2D eigenvalue weighted by molar-refractivity contribution is 5.60. The Balaban J connectivity index is 2.77. The van der Waals surface area contributed by atoms with Crippen molar-refractivity contribution in [3.8, 4) is 0 Å². The van der Waals surface area contributed by atoms with E-state index in [0.29, 0.717) is 19.4 Å². The molecule has 1 heterocycles. The van der Waals surface area contributed by atoms with Crippen LogP contribution in [0, 0.1) is 17.0 Å². The van der Waals surface area contributed by atoms with Crippen molar-refractivity contribution in [1.29, 1.82) is 0 Å². The van der Waals surface area contributed by atoms with Gasteiger partial charge in [0.2, 0.25) is 11.8 Å². The van der Waals surface area contributed by atoms with Gasteiger partial charge in [0.05, 0.1) is 11.0 Å². The van der Waals surface area contributed by atoms with Crippen LogP contribution in [0.3, 0.4) is 0 Å². The molecule has 0 fully saturated rings. The molecule has 1 aromatic rings. The van der Waals surface area contributed by atoms with Crippen molar-refractivity contribution in [2.75, 3.05) is 17.6 Å². The van der Waals surface area contributed by atoms with Crippen LogP contribution in [0.1, 0.15) is 25.5 Å². The number of hydrogen-bond acceptors (Lipinski definition) is 7. The van der Waals surface area contributed by atoms with E-state index in [1.807, 2.05) is 0 Å². The summed E-state index contributed by atoms with van der Waals surface area (Å²) in [4.78, 5) is 17.9. The number of nitrogen functional groups attached to an aromatic ring is 1. The van der Waals surface area contributed by atoms with Crippen LogP contribution in [-0.4, -0.2) is 32.6 Å². The molecule has 1 unspecified atom stereocenters. The summed E-state index contributed by atoms with van der Waals surface area (Å²) in [5.74, 6) is 0.117. The molecule has 0 saturated carbocycles. The fraction of sp³-hybridized carbons (Fsp3) is 0.600. The number of hydrogen-bond donors (Lipinski definition) is 3. The molecule has 8 heteroatoms. The Hall–Kier alpha value is -1.96. The fourth-order valence-corrected chi connectivity index (χ4v) is 1.53. The van der Waals surface area contributed by atoms with Gasteiger partial charge in [-0.15, -0.1) is 0 Å². The molecule has 18 heavy (non-hydrogen) atoms. The zero-order valence-corrected chi connectivity index (χ0v) is 10.4. The number of aliphatic hydroxyl groups excluding tert-OH is 1. The standard InChI is InChI=1S/C10H17N5O3/c1-6(16)4-3-5-12-9-8(15(17)18)7(2)13-10(11)14-9/h6,16H,3-5H2,1-2H3,(H3,11,12,13,14). The maximum absolute atomic E-state index is 10.9. The molecule has 0 bridgehead atoms. The van der Waals surface area contributed by atoms with E-state index in [4.69, 9.17) is 10.8 Å². The predicted molar refractivity (Wildman–Crippen MR) is 67.2 cm³/mol. The Morgan fingerprint density at radius 2 is 2.22 bits per heavy atom. The maximum Gasteiger partial charge on any atom is 0.332 e. The summed E-state index contributed by atoms with van der Waals surface area (Å²) in [7, 11) is 0. The van der Waals surface area contributed by atoms with Crippen molar-refractivity contribution >= 4 is 17.5 Å². The lowest BCUT2D eigenvalue weighted by Gasteiger charge is -2.08. The van der Waals surface area contributed by atoms with Crippen LogP contribution >= 0.6 is 0 Å². The number of nitro groups is 1. The number of aromatic nitrogens is 2. The summed E-state index contributed by atoms with van der Waals surface area (Å²) < 4.78 is 0. The molecule has 0 spiro atoms. The van der Waals surface area contributed by atoms with Gasteiger partial charge in [-0.2, -0.15) is 4.98 Å². The van der Waals surface area contributed by atoms with Gasteiger partial charge in [0.1, 0.15) is 5.69 Å². The summed E-state index contributed by atoms with van der Waals surface area (Å²) in [5, 5.41) is 22.8. The Kier molecular flexibility index (Phi) is 4.78. The first-order valence-electron chi connectivity index (χ1n) is 5.62. The number of anilines is 2. The molecule has 0 aliphatic rings. The number of nitrogens with one attached hydrogen (secondary N) is 1. The normalized spacial score (nSPS) is 12.2. The zero-order valence-electron chi connectivity index (χ0n) is 10.4. The smallest absolute Gasteiger partial charge is 0.332 e. The molecule has 0 saturated heterocycles. The summed E-state index contributed by atoms with van der Waals surface area (Å²) in [6, 6.07) is 0. The van der Waals surface area contributed by atoms with Crippen LogP contribution in [0.2, 0.25) is 0 Å². The van der Waals surface area contributed by atoms with Gasteiger partial charge >= 0.3 is 5.69 Å². The minimum absolute atomic E-state index is 0.00359. The molecule has 0 amide bonds. The van der Waals surface area contributed by atoms with Crippen LogP contribution in [-0.2, 0) is 0 Å². The third kappa shape index (κ3) is 3.81. The second-order valence-corrected chi connectivity index (χ2v) is 4.04. The number of aliphatic hydroxyl groups is 1. The molecule has 1 rings (SSSR count). The molecule has 0 aliphatic carbocycles. The van der Waals surface area contributed by atoms with E-state index in [9.17, 15) is 10.1 Å². The van der Waals surface area contributed by atoms with Crippen molar-refractivity contribution in [2.24, 2.45) is 0 Å². The third-order valence-electron chi connectivity index (χ3n) is 2.35. The molecule has 8 nitrogen and oxygen atoms in total. The molecule has 0 aromatic carbocycles. The number of nitrogens with zero attached hydrogens (tertiary/aromatic N) is 3. The Labute approximate surface area is 104 Å². The van der Waals surface area contributed by atoms with Crippen LogP contribution in [0.4, 0.5) is 17.5 Å². The van der Waals surface area contributed by atoms with Gasteiger partial charge in [-0.25, -0.2) is 4.98 Å². The topological polar surface area (TPSA) is 127 Å². The first-order chi connectivity index (χ1) is 8.41. The van der Waals surface area contributed by atoms with E-state index in [1.54, 1.807) is 6.92 Å². The Bertz CT molecular complexity index is 436. The minimum atomic E-state index is -0.536. The van der Waals surface area contributed by atoms with Gasteiger partial charge in [-0.1, -0.05) is 0 Å². The average Bonchev–Trinajstić information content (AvgIpc) is 2.22. The van der Waals surface area contributed by atoms with E-state index in [-0.39, 0.29) is 29.3 Å². The summed E-state index contributed by atoms with van der Waals surface area (Å²) in [5.41, 5.74) is 5.52. The van der Waals surface area contributed by atoms with Crippen LogP contribution < -0.4 is 11.1 Å². The minimum Gasteiger partial charge on any atom is -0.393 e. The monoisotopic (exact) mass is 255 g/mol. The molecule has 1 atom stereocenters. The molecule has 0 radical (unpaired) electrons. The SMILES string of the molecule is Cc1nc(N)nc(NCCCC(C)O)c1[N+](=O)[O-]. The average molecular weight is 255 g/mol. The van der Waals surface area contributed by atoms with E-state index >= 15 is 0 Å². The van der Waals surface area contributed by atoms with Gasteiger partial charge < -0.3 is 16.2 Å². The quantitative estimate of drug-likeness (QED) is 0.390. The lowest BCUT2D eigenvalue weighted by Crippen LogP contribution is -2.12. The first kappa shape index (κ1) is 14.1. The molecule has 0 aliphatic heterocycles. The second kappa shape index (κ2) is 6.10. The fourth-order valence-electron chi connectivity index (χ4n) is 1.53. The largest absolute Gasteiger partial charge is 0.393 e. The van der Waals surface area contributed by atoms with Gasteiger partial charge in [0.15, 0.2) is 0 Å². The van der Waals surface area contributed by atoms with Crippen LogP contribution in [0.5, 0.6) is 0 Å². The van der Waals surface area contributed by atoms with Gasteiger partial charge in [0.25, 0.3) is 0 Å². The number of nitrogens with two attached hydrogens (primary N) is 1. The number of aryl methyl sites for hydroxylation is 1. The van der Waals surface area contributed by atoms with Crippen molar-refractivity contribution in [3.05, 3.63) is 15.8 Å². The lowest BCUT2D eigenvalue weighted by molar-refractivity contribution is -0.385. The van der Waals surface area contributed by atoms with E-state index in [1.165, 1.54) is 6.92 Å².